The summed E-state index contributed by atoms with van der Waals surface area (Å²) in [7, 11) is -3.64. The van der Waals surface area contributed by atoms with Gasteiger partial charge in [0.2, 0.25) is 0 Å². The Hall–Kier alpha value is -2.45. The minimum absolute atomic E-state index is 0.0607. The van der Waals surface area contributed by atoms with Gasteiger partial charge in [-0.05, 0) is 55.9 Å². The van der Waals surface area contributed by atoms with Crippen molar-refractivity contribution in [1.82, 2.24) is 5.43 Å². The lowest BCUT2D eigenvalue weighted by molar-refractivity contribution is 0.601. The molecule has 2 rings (SSSR count). The van der Waals surface area contributed by atoms with Crippen molar-refractivity contribution in [3.05, 3.63) is 59.7 Å². The molecule has 4 N–H and O–H groups in total. The number of anilines is 1. The van der Waals surface area contributed by atoms with Crippen LogP contribution in [0.2, 0.25) is 0 Å². The zero-order valence-electron chi connectivity index (χ0n) is 13.3. The van der Waals surface area contributed by atoms with Gasteiger partial charge in [-0.1, -0.05) is 29.8 Å². The van der Waals surface area contributed by atoms with Crippen molar-refractivity contribution in [2.24, 2.45) is 10.8 Å². The van der Waals surface area contributed by atoms with Crippen molar-refractivity contribution in [2.75, 3.05) is 4.72 Å². The lowest BCUT2D eigenvalue weighted by Crippen LogP contribution is -2.25. The van der Waals surface area contributed by atoms with Crippen molar-refractivity contribution in [2.45, 2.75) is 18.7 Å². The molecule has 24 heavy (non-hydrogen) atoms. The fourth-order valence-electron chi connectivity index (χ4n) is 1.94. The van der Waals surface area contributed by atoms with Crippen LogP contribution in [0.1, 0.15) is 18.1 Å². The monoisotopic (exact) mass is 362 g/mol. The van der Waals surface area contributed by atoms with E-state index < -0.39 is 10.0 Å². The van der Waals surface area contributed by atoms with E-state index in [4.69, 9.17) is 18.0 Å². The smallest absolute Gasteiger partial charge is 0.261 e. The van der Waals surface area contributed by atoms with E-state index in [9.17, 15) is 8.42 Å². The predicted molar refractivity (Wildman–Crippen MR) is 101 cm³/mol. The fraction of sp³-hybridized carbons (Fsp3) is 0.125. The van der Waals surface area contributed by atoms with E-state index in [1.54, 1.807) is 49.4 Å². The van der Waals surface area contributed by atoms with Gasteiger partial charge in [-0.2, -0.15) is 5.10 Å². The second-order valence-electron chi connectivity index (χ2n) is 5.17. The van der Waals surface area contributed by atoms with Crippen molar-refractivity contribution >= 4 is 38.8 Å². The zero-order chi connectivity index (χ0) is 17.7. The van der Waals surface area contributed by atoms with Crippen LogP contribution in [0, 0.1) is 6.92 Å². The third kappa shape index (κ3) is 4.77. The molecule has 2 aromatic rings. The summed E-state index contributed by atoms with van der Waals surface area (Å²) in [6, 6.07) is 13.5. The first-order valence-corrected chi connectivity index (χ1v) is 8.97. The van der Waals surface area contributed by atoms with Gasteiger partial charge in [0.05, 0.1) is 10.6 Å². The van der Waals surface area contributed by atoms with E-state index >= 15 is 0 Å². The summed E-state index contributed by atoms with van der Waals surface area (Å²) < 4.78 is 27.4. The highest BCUT2D eigenvalue weighted by Crippen LogP contribution is 2.18. The number of aryl methyl sites for hydroxylation is 1. The Balaban J connectivity index is 2.24. The molecule has 0 unspecified atom stereocenters. The maximum atomic E-state index is 12.4. The third-order valence-electron chi connectivity index (χ3n) is 3.20. The van der Waals surface area contributed by atoms with Crippen LogP contribution in [0.4, 0.5) is 5.69 Å². The Bertz CT molecular complexity index is 875. The molecule has 0 aliphatic heterocycles. The lowest BCUT2D eigenvalue weighted by Gasteiger charge is -2.10. The van der Waals surface area contributed by atoms with Gasteiger partial charge in [-0.25, -0.2) is 8.42 Å². The summed E-state index contributed by atoms with van der Waals surface area (Å²) in [4.78, 5) is 0.207. The molecule has 0 radical (unpaired) electrons. The highest BCUT2D eigenvalue weighted by Gasteiger charge is 2.14. The van der Waals surface area contributed by atoms with E-state index in [-0.39, 0.29) is 10.0 Å². The molecule has 2 aromatic carbocycles. The Kier molecular flexibility index (Phi) is 5.53. The van der Waals surface area contributed by atoms with Crippen molar-refractivity contribution in [3.8, 4) is 0 Å². The minimum atomic E-state index is -3.64. The van der Waals surface area contributed by atoms with Crippen LogP contribution in [-0.4, -0.2) is 19.2 Å². The zero-order valence-corrected chi connectivity index (χ0v) is 14.9. The quantitative estimate of drug-likeness (QED) is 0.431. The molecule has 0 atom stereocenters. The lowest BCUT2D eigenvalue weighted by atomic mass is 10.1. The number of nitrogens with zero attached hydrogens (tertiary/aromatic N) is 1. The third-order valence-corrected chi connectivity index (χ3v) is 4.69. The Morgan fingerprint density at radius 2 is 1.83 bits per heavy atom. The van der Waals surface area contributed by atoms with Gasteiger partial charge in [-0.3, -0.25) is 10.1 Å². The highest BCUT2D eigenvalue weighted by atomic mass is 32.2. The summed E-state index contributed by atoms with van der Waals surface area (Å²) in [6.07, 6.45) is 0. The molecule has 0 bridgehead atoms. The van der Waals surface area contributed by atoms with Crippen LogP contribution >= 0.6 is 12.2 Å². The van der Waals surface area contributed by atoms with Crippen LogP contribution in [0.25, 0.3) is 0 Å². The molecule has 0 spiro atoms. The fourth-order valence-corrected chi connectivity index (χ4v) is 3.04. The maximum Gasteiger partial charge on any atom is 0.261 e. The second-order valence-corrected chi connectivity index (χ2v) is 7.29. The molecule has 8 heteroatoms. The van der Waals surface area contributed by atoms with Gasteiger partial charge in [0.25, 0.3) is 10.0 Å². The summed E-state index contributed by atoms with van der Waals surface area (Å²) in [6.45, 7) is 3.66. The average molecular weight is 362 g/mol. The van der Waals surface area contributed by atoms with Crippen LogP contribution < -0.4 is 15.9 Å². The molecule has 126 valence electrons. The van der Waals surface area contributed by atoms with Crippen LogP contribution in [0.5, 0.6) is 0 Å². The van der Waals surface area contributed by atoms with Gasteiger partial charge in [0.15, 0.2) is 5.11 Å². The van der Waals surface area contributed by atoms with Crippen molar-refractivity contribution < 1.29 is 8.42 Å². The Morgan fingerprint density at radius 1 is 1.17 bits per heavy atom. The summed E-state index contributed by atoms with van der Waals surface area (Å²) >= 11 is 4.69. The number of hydrogen-bond donors (Lipinski definition) is 3. The normalized spacial score (nSPS) is 11.8. The molecule has 0 saturated heterocycles. The van der Waals surface area contributed by atoms with Crippen molar-refractivity contribution in [1.29, 1.82) is 0 Å². The molecule has 0 saturated carbocycles. The molecular formula is C16H18N4O2S2. The largest absolute Gasteiger partial charge is 0.375 e. The second kappa shape index (κ2) is 7.41. The molecule has 0 heterocycles. The molecule has 0 aliphatic carbocycles. The molecule has 0 fully saturated rings. The number of nitrogens with one attached hydrogen (secondary N) is 2. The molecule has 0 aliphatic rings. The number of rotatable bonds is 5. The number of hydrogen-bond acceptors (Lipinski definition) is 4. The Morgan fingerprint density at radius 3 is 2.46 bits per heavy atom. The summed E-state index contributed by atoms with van der Waals surface area (Å²) in [5.41, 5.74) is 10.6. The maximum absolute atomic E-state index is 12.4. The van der Waals surface area contributed by atoms with E-state index in [2.05, 4.69) is 15.2 Å². The van der Waals surface area contributed by atoms with Crippen LogP contribution in [-0.2, 0) is 10.0 Å². The van der Waals surface area contributed by atoms with Gasteiger partial charge in [0, 0.05) is 5.69 Å². The van der Waals surface area contributed by atoms with Crippen LogP contribution in [0.3, 0.4) is 0 Å². The molecule has 6 nitrogen and oxygen atoms in total. The van der Waals surface area contributed by atoms with Crippen LogP contribution in [0.15, 0.2) is 58.5 Å². The molecular weight excluding hydrogens is 344 g/mol. The number of benzene rings is 2. The molecule has 0 aromatic heterocycles. The summed E-state index contributed by atoms with van der Waals surface area (Å²) in [5, 5.41) is 4.08. The number of sulfonamides is 1. The minimum Gasteiger partial charge on any atom is -0.375 e. The van der Waals surface area contributed by atoms with Gasteiger partial charge in [0.1, 0.15) is 0 Å². The SMILES string of the molecule is CC(=NNC(N)=S)c1cccc(NS(=O)(=O)c2ccc(C)cc2)c1. The van der Waals surface area contributed by atoms with Crippen molar-refractivity contribution in [3.63, 3.8) is 0 Å². The van der Waals surface area contributed by atoms with Gasteiger partial charge < -0.3 is 5.73 Å². The van der Waals surface area contributed by atoms with E-state index in [0.29, 0.717) is 11.4 Å². The topological polar surface area (TPSA) is 96.6 Å². The first-order chi connectivity index (χ1) is 11.3. The van der Waals surface area contributed by atoms with Gasteiger partial charge in [-0.15, -0.1) is 0 Å². The predicted octanol–water partition coefficient (Wildman–Crippen LogP) is 2.35. The first kappa shape index (κ1) is 17.9. The number of hydrazone groups is 1. The van der Waals surface area contributed by atoms with E-state index in [1.165, 1.54) is 0 Å². The first-order valence-electron chi connectivity index (χ1n) is 7.07. The number of thiocarbonyl (C=S) groups is 1. The van der Waals surface area contributed by atoms with Gasteiger partial charge >= 0.3 is 0 Å². The highest BCUT2D eigenvalue weighted by molar-refractivity contribution is 7.92. The standard InChI is InChI=1S/C16H18N4O2S2/c1-11-6-8-15(9-7-11)24(21,22)20-14-5-3-4-13(10-14)12(2)18-19-16(17)23/h3-10,20H,1-2H3,(H3,17,19,23). The average Bonchev–Trinajstić information content (AvgIpc) is 2.52. The Labute approximate surface area is 146 Å². The summed E-state index contributed by atoms with van der Waals surface area (Å²) in [5.74, 6) is 0. The number of nitrogens with two attached hydrogens (primary N) is 1. The molecule has 0 amide bonds. The van der Waals surface area contributed by atoms with E-state index in [0.717, 1.165) is 11.1 Å². The van der Waals surface area contributed by atoms with E-state index in [1.807, 2.05) is 13.0 Å².